The number of ether oxygens (including phenoxy) is 1. The number of nitrogens with zero attached hydrogens (tertiary/aromatic N) is 4. The second-order valence-corrected chi connectivity index (χ2v) is 8.33. The van der Waals surface area contributed by atoms with Gasteiger partial charge < -0.3 is 15.4 Å². The van der Waals surface area contributed by atoms with Gasteiger partial charge in [0.25, 0.3) is 0 Å². The van der Waals surface area contributed by atoms with Crippen LogP contribution in [0.15, 0.2) is 55.0 Å². The number of amides is 1. The quantitative estimate of drug-likeness (QED) is 0.473. The third-order valence-corrected chi connectivity index (χ3v) is 6.09. The molecule has 2 N–H and O–H groups in total. The van der Waals surface area contributed by atoms with Crippen molar-refractivity contribution in [3.63, 3.8) is 0 Å². The summed E-state index contributed by atoms with van der Waals surface area (Å²) in [7, 11) is 3.39. The van der Waals surface area contributed by atoms with E-state index in [9.17, 15) is 9.18 Å². The SMILES string of the molecule is COc1cc2ncnc(-c3cn(C)nc3-c3ccccc3)c2cc1NC(=O)[C@H]1CCNC[C@@H]1F. The maximum atomic E-state index is 14.3. The molecule has 1 aliphatic rings. The molecule has 4 aromatic rings. The minimum Gasteiger partial charge on any atom is -0.494 e. The van der Waals surface area contributed by atoms with Gasteiger partial charge in [0, 0.05) is 42.4 Å². The number of hydrogen-bond donors (Lipinski definition) is 2. The minimum atomic E-state index is -1.23. The normalized spacial score (nSPS) is 18.1. The van der Waals surface area contributed by atoms with Crippen LogP contribution in [-0.2, 0) is 11.8 Å². The first-order chi connectivity index (χ1) is 16.5. The first-order valence-corrected chi connectivity index (χ1v) is 11.1. The van der Waals surface area contributed by atoms with Gasteiger partial charge in [0.2, 0.25) is 5.91 Å². The van der Waals surface area contributed by atoms with Gasteiger partial charge in [-0.3, -0.25) is 9.48 Å². The van der Waals surface area contributed by atoms with E-state index in [2.05, 4.69) is 25.7 Å². The highest BCUT2D eigenvalue weighted by Crippen LogP contribution is 2.37. The van der Waals surface area contributed by atoms with Crippen LogP contribution in [0.4, 0.5) is 10.1 Å². The standard InChI is InChI=1S/C25H25FN6O2/c1-32-13-18(23(31-32)15-6-4-3-5-7-15)24-17-10-21(22(34-2)11-20(17)28-14-29-24)30-25(33)16-8-9-27-12-19(16)26/h3-7,10-11,13-14,16,19,27H,8-9,12H2,1-2H3,(H,30,33)/t16-,19-/m0/s1. The molecular weight excluding hydrogens is 435 g/mol. The Labute approximate surface area is 196 Å². The molecule has 0 spiro atoms. The number of carbonyl (C=O) groups excluding carboxylic acids is 1. The summed E-state index contributed by atoms with van der Waals surface area (Å²) in [6, 6.07) is 13.4. The van der Waals surface area contributed by atoms with Crippen molar-refractivity contribution < 1.29 is 13.9 Å². The van der Waals surface area contributed by atoms with E-state index in [0.29, 0.717) is 35.6 Å². The summed E-state index contributed by atoms with van der Waals surface area (Å²) in [5.74, 6) is -0.628. The number of nitrogens with one attached hydrogen (secondary N) is 2. The average Bonchev–Trinajstić information content (AvgIpc) is 3.25. The number of methoxy groups -OCH3 is 1. The molecule has 2 aromatic heterocycles. The molecule has 1 aliphatic heterocycles. The Morgan fingerprint density at radius 3 is 2.79 bits per heavy atom. The highest BCUT2D eigenvalue weighted by molar-refractivity contribution is 6.02. The van der Waals surface area contributed by atoms with E-state index in [1.54, 1.807) is 16.8 Å². The van der Waals surface area contributed by atoms with Gasteiger partial charge in [-0.1, -0.05) is 30.3 Å². The lowest BCUT2D eigenvalue weighted by Gasteiger charge is -2.26. The molecule has 5 rings (SSSR count). The molecular formula is C25H25FN6O2. The first-order valence-electron chi connectivity index (χ1n) is 11.1. The fourth-order valence-electron chi connectivity index (χ4n) is 4.38. The molecule has 1 amide bonds. The van der Waals surface area contributed by atoms with Gasteiger partial charge in [0.05, 0.1) is 29.9 Å². The molecule has 0 bridgehead atoms. The summed E-state index contributed by atoms with van der Waals surface area (Å²) >= 11 is 0. The van der Waals surface area contributed by atoms with Crippen LogP contribution in [0.25, 0.3) is 33.4 Å². The number of benzene rings is 2. The summed E-state index contributed by atoms with van der Waals surface area (Å²) in [6.07, 6.45) is 2.62. The van der Waals surface area contributed by atoms with Crippen molar-refractivity contribution in [1.82, 2.24) is 25.1 Å². The van der Waals surface area contributed by atoms with Gasteiger partial charge in [0.15, 0.2) is 0 Å². The van der Waals surface area contributed by atoms with Gasteiger partial charge >= 0.3 is 0 Å². The number of aromatic nitrogens is 4. The molecule has 1 saturated heterocycles. The number of aryl methyl sites for hydroxylation is 1. The third-order valence-electron chi connectivity index (χ3n) is 6.09. The summed E-state index contributed by atoms with van der Waals surface area (Å²) < 4.78 is 21.6. The molecule has 2 aromatic carbocycles. The van der Waals surface area contributed by atoms with Crippen LogP contribution < -0.4 is 15.4 Å². The van der Waals surface area contributed by atoms with Gasteiger partial charge in [-0.15, -0.1) is 0 Å². The molecule has 34 heavy (non-hydrogen) atoms. The van der Waals surface area contributed by atoms with Crippen molar-refractivity contribution in [3.8, 4) is 28.3 Å². The summed E-state index contributed by atoms with van der Waals surface area (Å²) in [4.78, 5) is 21.9. The van der Waals surface area contributed by atoms with Crippen molar-refractivity contribution >= 4 is 22.5 Å². The number of hydrogen-bond acceptors (Lipinski definition) is 6. The van der Waals surface area contributed by atoms with Crippen molar-refractivity contribution in [2.45, 2.75) is 12.6 Å². The minimum absolute atomic E-state index is 0.175. The Bertz CT molecular complexity index is 1340. The average molecular weight is 461 g/mol. The molecule has 0 aliphatic carbocycles. The van der Waals surface area contributed by atoms with E-state index in [0.717, 1.165) is 22.2 Å². The molecule has 0 radical (unpaired) electrons. The first kappa shape index (κ1) is 22.0. The highest BCUT2D eigenvalue weighted by atomic mass is 19.1. The lowest BCUT2D eigenvalue weighted by Crippen LogP contribution is -2.43. The largest absolute Gasteiger partial charge is 0.494 e. The Kier molecular flexibility index (Phi) is 5.93. The predicted octanol–water partition coefficient (Wildman–Crippen LogP) is 3.59. The Morgan fingerprint density at radius 1 is 1.21 bits per heavy atom. The Balaban J connectivity index is 1.60. The number of rotatable bonds is 5. The zero-order valence-electron chi connectivity index (χ0n) is 19.0. The number of anilines is 1. The van der Waals surface area contributed by atoms with Gasteiger partial charge in [-0.05, 0) is 19.0 Å². The Morgan fingerprint density at radius 2 is 2.03 bits per heavy atom. The molecule has 8 nitrogen and oxygen atoms in total. The highest BCUT2D eigenvalue weighted by Gasteiger charge is 2.31. The van der Waals surface area contributed by atoms with Crippen molar-refractivity contribution in [3.05, 3.63) is 55.0 Å². The van der Waals surface area contributed by atoms with Crippen LogP contribution in [0.1, 0.15) is 6.42 Å². The fraction of sp³-hybridized carbons (Fsp3) is 0.280. The molecule has 0 unspecified atom stereocenters. The number of alkyl halides is 1. The fourth-order valence-corrected chi connectivity index (χ4v) is 4.38. The van der Waals surface area contributed by atoms with E-state index in [1.165, 1.54) is 13.4 Å². The maximum absolute atomic E-state index is 14.3. The predicted molar refractivity (Wildman–Crippen MR) is 128 cm³/mol. The smallest absolute Gasteiger partial charge is 0.230 e. The zero-order chi connectivity index (χ0) is 23.7. The van der Waals surface area contributed by atoms with E-state index in [-0.39, 0.29) is 12.5 Å². The zero-order valence-corrected chi connectivity index (χ0v) is 19.0. The van der Waals surface area contributed by atoms with Crippen LogP contribution in [-0.4, -0.2) is 52.0 Å². The van der Waals surface area contributed by atoms with Crippen LogP contribution in [0.2, 0.25) is 0 Å². The second kappa shape index (κ2) is 9.18. The molecule has 174 valence electrons. The number of piperidine rings is 1. The summed E-state index contributed by atoms with van der Waals surface area (Å²) in [6.45, 7) is 0.781. The maximum Gasteiger partial charge on any atom is 0.230 e. The van der Waals surface area contributed by atoms with Crippen molar-refractivity contribution in [1.29, 1.82) is 0 Å². The molecule has 0 saturated carbocycles. The van der Waals surface area contributed by atoms with Gasteiger partial charge in [0.1, 0.15) is 23.9 Å². The van der Waals surface area contributed by atoms with E-state index in [1.807, 2.05) is 43.6 Å². The molecule has 1 fully saturated rings. The second-order valence-electron chi connectivity index (χ2n) is 8.33. The number of fused-ring (bicyclic) bond motifs is 1. The summed E-state index contributed by atoms with van der Waals surface area (Å²) in [5.41, 5.74) is 4.39. The van der Waals surface area contributed by atoms with Crippen molar-refractivity contribution in [2.24, 2.45) is 13.0 Å². The topological polar surface area (TPSA) is 94.0 Å². The molecule has 9 heteroatoms. The monoisotopic (exact) mass is 460 g/mol. The van der Waals surface area contributed by atoms with Crippen LogP contribution in [0.3, 0.4) is 0 Å². The molecule has 2 atom stereocenters. The van der Waals surface area contributed by atoms with Crippen LogP contribution in [0.5, 0.6) is 5.75 Å². The van der Waals surface area contributed by atoms with Crippen LogP contribution >= 0.6 is 0 Å². The van der Waals surface area contributed by atoms with E-state index < -0.39 is 12.1 Å². The van der Waals surface area contributed by atoms with E-state index in [4.69, 9.17) is 4.74 Å². The van der Waals surface area contributed by atoms with Crippen LogP contribution in [0, 0.1) is 5.92 Å². The van der Waals surface area contributed by atoms with Gasteiger partial charge in [-0.25, -0.2) is 14.4 Å². The van der Waals surface area contributed by atoms with Crippen molar-refractivity contribution in [2.75, 3.05) is 25.5 Å². The van der Waals surface area contributed by atoms with E-state index >= 15 is 0 Å². The summed E-state index contributed by atoms with van der Waals surface area (Å²) in [5, 5.41) is 11.2. The third kappa shape index (κ3) is 4.10. The lowest BCUT2D eigenvalue weighted by molar-refractivity contribution is -0.122. The van der Waals surface area contributed by atoms with Gasteiger partial charge in [-0.2, -0.15) is 5.10 Å². The number of halogens is 1. The number of carbonyl (C=O) groups is 1. The molecule has 3 heterocycles. The Hall–Kier alpha value is -3.85. The lowest BCUT2D eigenvalue weighted by atomic mass is 9.95.